The Morgan fingerprint density at radius 2 is 1.45 bits per heavy atom. The van der Waals surface area contributed by atoms with Gasteiger partial charge >= 0.3 is 17.9 Å². The van der Waals surface area contributed by atoms with E-state index < -0.39 is 30.4 Å². The van der Waals surface area contributed by atoms with Crippen molar-refractivity contribution in [1.82, 2.24) is 0 Å². The van der Waals surface area contributed by atoms with Crippen LogP contribution in [-0.4, -0.2) is 51.2 Å². The molecule has 0 spiro atoms. The molecule has 9 heteroatoms. The van der Waals surface area contributed by atoms with Gasteiger partial charge in [-0.15, -0.1) is 0 Å². The Morgan fingerprint density at radius 1 is 0.839 bits per heavy atom. The fourth-order valence-electron chi connectivity index (χ4n) is 2.56. The molecule has 0 radical (unpaired) electrons. The summed E-state index contributed by atoms with van der Waals surface area (Å²) in [4.78, 5) is 47.6. The molecule has 31 heavy (non-hydrogen) atoms. The average Bonchev–Trinajstić information content (AvgIpc) is 2.76. The fraction of sp³-hybridized carbons (Fsp3) is 0.273. The second kappa shape index (κ2) is 10.8. The number of methoxy groups -OCH3 is 2. The maximum absolute atomic E-state index is 12.1. The van der Waals surface area contributed by atoms with Crippen molar-refractivity contribution in [2.24, 2.45) is 0 Å². The molecule has 2 aromatic rings. The van der Waals surface area contributed by atoms with E-state index in [0.29, 0.717) is 5.75 Å². The predicted octanol–water partition coefficient (Wildman–Crippen LogP) is 2.44. The van der Waals surface area contributed by atoms with Gasteiger partial charge in [0.15, 0.2) is 13.2 Å². The van der Waals surface area contributed by atoms with Crippen LogP contribution < -0.4 is 10.1 Å². The Bertz CT molecular complexity index is 965. The second-order valence-corrected chi connectivity index (χ2v) is 6.55. The van der Waals surface area contributed by atoms with Crippen LogP contribution in [0.1, 0.15) is 31.8 Å². The number of ether oxygens (including phenoxy) is 4. The van der Waals surface area contributed by atoms with Crippen LogP contribution >= 0.6 is 0 Å². The third-order valence-corrected chi connectivity index (χ3v) is 4.11. The molecule has 2 aromatic carbocycles. The summed E-state index contributed by atoms with van der Waals surface area (Å²) in [6.45, 7) is 2.81. The third-order valence-electron chi connectivity index (χ3n) is 4.11. The van der Waals surface area contributed by atoms with E-state index in [0.717, 1.165) is 11.1 Å². The summed E-state index contributed by atoms with van der Waals surface area (Å²) in [5.74, 6) is -2.24. The van der Waals surface area contributed by atoms with Crippen molar-refractivity contribution in [2.75, 3.05) is 32.8 Å². The van der Waals surface area contributed by atoms with Gasteiger partial charge in [0.1, 0.15) is 5.75 Å². The summed E-state index contributed by atoms with van der Waals surface area (Å²) in [5.41, 5.74) is 2.06. The SMILES string of the molecule is COC(=O)c1cc(NC(=O)COC(=O)COc2cc(C)ccc2C)cc(C(=O)OC)c1. The number of benzene rings is 2. The first-order valence-corrected chi connectivity index (χ1v) is 9.20. The molecule has 0 aliphatic carbocycles. The number of esters is 3. The predicted molar refractivity (Wildman–Crippen MR) is 110 cm³/mol. The molecule has 0 heterocycles. The molecule has 0 saturated heterocycles. The van der Waals surface area contributed by atoms with Gasteiger partial charge in [0.2, 0.25) is 0 Å². The van der Waals surface area contributed by atoms with E-state index in [1.165, 1.54) is 32.4 Å². The first-order chi connectivity index (χ1) is 14.7. The minimum absolute atomic E-state index is 0.0413. The van der Waals surface area contributed by atoms with Gasteiger partial charge in [0.25, 0.3) is 5.91 Å². The normalized spacial score (nSPS) is 10.1. The Hall–Kier alpha value is -3.88. The molecule has 0 aromatic heterocycles. The van der Waals surface area contributed by atoms with Crippen LogP contribution in [0.5, 0.6) is 5.75 Å². The molecule has 0 aliphatic rings. The molecular formula is C22H23NO8. The van der Waals surface area contributed by atoms with E-state index in [1.54, 1.807) is 6.07 Å². The Balaban J connectivity index is 1.95. The standard InChI is InChI=1S/C22H23NO8/c1-13-5-6-14(2)18(7-13)30-12-20(25)31-11-19(24)23-17-9-15(21(26)28-3)8-16(10-17)22(27)29-4/h5-10H,11-12H2,1-4H3,(H,23,24). The zero-order valence-corrected chi connectivity index (χ0v) is 17.6. The molecule has 9 nitrogen and oxygen atoms in total. The van der Waals surface area contributed by atoms with Crippen molar-refractivity contribution in [3.8, 4) is 5.75 Å². The summed E-state index contributed by atoms with van der Waals surface area (Å²) < 4.78 is 19.6. The lowest BCUT2D eigenvalue weighted by Gasteiger charge is -2.11. The van der Waals surface area contributed by atoms with E-state index in [9.17, 15) is 19.2 Å². The van der Waals surface area contributed by atoms with Crippen molar-refractivity contribution >= 4 is 29.5 Å². The minimum atomic E-state index is -0.727. The minimum Gasteiger partial charge on any atom is -0.482 e. The zero-order valence-electron chi connectivity index (χ0n) is 17.6. The molecule has 2 rings (SSSR count). The third kappa shape index (κ3) is 6.84. The van der Waals surface area contributed by atoms with Crippen LogP contribution in [-0.2, 0) is 23.8 Å². The number of amides is 1. The van der Waals surface area contributed by atoms with Crippen LogP contribution in [0.3, 0.4) is 0 Å². The molecule has 1 N–H and O–H groups in total. The molecule has 0 bridgehead atoms. The van der Waals surface area contributed by atoms with Crippen molar-refractivity contribution in [2.45, 2.75) is 13.8 Å². The first-order valence-electron chi connectivity index (χ1n) is 9.20. The lowest BCUT2D eigenvalue weighted by atomic mass is 10.1. The van der Waals surface area contributed by atoms with Gasteiger partial charge in [0.05, 0.1) is 25.3 Å². The van der Waals surface area contributed by atoms with E-state index >= 15 is 0 Å². The number of rotatable bonds is 8. The largest absolute Gasteiger partial charge is 0.482 e. The highest BCUT2D eigenvalue weighted by Crippen LogP contribution is 2.19. The molecule has 164 valence electrons. The van der Waals surface area contributed by atoms with Crippen molar-refractivity contribution in [1.29, 1.82) is 0 Å². The zero-order chi connectivity index (χ0) is 23.0. The highest BCUT2D eigenvalue weighted by atomic mass is 16.6. The van der Waals surface area contributed by atoms with Gasteiger partial charge in [-0.2, -0.15) is 0 Å². The van der Waals surface area contributed by atoms with Crippen LogP contribution in [0.4, 0.5) is 5.69 Å². The van der Waals surface area contributed by atoms with Crippen LogP contribution in [0, 0.1) is 13.8 Å². The van der Waals surface area contributed by atoms with Gasteiger partial charge < -0.3 is 24.3 Å². The molecule has 0 atom stereocenters. The van der Waals surface area contributed by atoms with E-state index in [1.807, 2.05) is 26.0 Å². The van der Waals surface area contributed by atoms with Crippen LogP contribution in [0.2, 0.25) is 0 Å². The van der Waals surface area contributed by atoms with Crippen molar-refractivity contribution in [3.05, 3.63) is 58.7 Å². The molecule has 0 saturated carbocycles. The van der Waals surface area contributed by atoms with E-state index in [2.05, 4.69) is 14.8 Å². The maximum Gasteiger partial charge on any atom is 0.344 e. The lowest BCUT2D eigenvalue weighted by molar-refractivity contribution is -0.149. The Labute approximate surface area is 179 Å². The summed E-state index contributed by atoms with van der Waals surface area (Å²) >= 11 is 0. The molecular weight excluding hydrogens is 406 g/mol. The molecule has 0 unspecified atom stereocenters. The van der Waals surface area contributed by atoms with Gasteiger partial charge in [-0.05, 0) is 49.2 Å². The fourth-order valence-corrected chi connectivity index (χ4v) is 2.56. The first kappa shape index (κ1) is 23.4. The number of carbonyl (C=O) groups excluding carboxylic acids is 4. The van der Waals surface area contributed by atoms with Gasteiger partial charge in [-0.25, -0.2) is 14.4 Å². The van der Waals surface area contributed by atoms with Crippen LogP contribution in [0.15, 0.2) is 36.4 Å². The van der Waals surface area contributed by atoms with Crippen molar-refractivity contribution in [3.63, 3.8) is 0 Å². The summed E-state index contributed by atoms with van der Waals surface area (Å²) in [6.07, 6.45) is 0. The monoisotopic (exact) mass is 429 g/mol. The Morgan fingerprint density at radius 3 is 2.03 bits per heavy atom. The summed E-state index contributed by atoms with van der Waals surface area (Å²) in [6, 6.07) is 9.50. The number of hydrogen-bond acceptors (Lipinski definition) is 8. The topological polar surface area (TPSA) is 117 Å². The summed E-state index contributed by atoms with van der Waals surface area (Å²) in [5, 5.41) is 2.45. The number of nitrogens with one attached hydrogen (secondary N) is 1. The number of anilines is 1. The van der Waals surface area contributed by atoms with Crippen molar-refractivity contribution < 1.29 is 38.1 Å². The van der Waals surface area contributed by atoms with Gasteiger partial charge in [-0.3, -0.25) is 4.79 Å². The number of carbonyl (C=O) groups is 4. The molecule has 1 amide bonds. The van der Waals surface area contributed by atoms with E-state index in [-0.39, 0.29) is 23.4 Å². The van der Waals surface area contributed by atoms with Crippen LogP contribution in [0.25, 0.3) is 0 Å². The highest BCUT2D eigenvalue weighted by molar-refractivity contribution is 6.00. The number of aryl methyl sites for hydroxylation is 2. The van der Waals surface area contributed by atoms with Gasteiger partial charge in [0, 0.05) is 5.69 Å². The maximum atomic E-state index is 12.1. The smallest absolute Gasteiger partial charge is 0.344 e. The number of hydrogen-bond donors (Lipinski definition) is 1. The highest BCUT2D eigenvalue weighted by Gasteiger charge is 2.16. The van der Waals surface area contributed by atoms with E-state index in [4.69, 9.17) is 9.47 Å². The van der Waals surface area contributed by atoms with Gasteiger partial charge in [-0.1, -0.05) is 12.1 Å². The molecule has 0 aliphatic heterocycles. The second-order valence-electron chi connectivity index (χ2n) is 6.55. The lowest BCUT2D eigenvalue weighted by Crippen LogP contribution is -2.24. The molecule has 0 fully saturated rings. The quantitative estimate of drug-likeness (QED) is 0.502. The Kier molecular flexibility index (Phi) is 8.13. The summed E-state index contributed by atoms with van der Waals surface area (Å²) in [7, 11) is 2.37. The average molecular weight is 429 g/mol.